The van der Waals surface area contributed by atoms with E-state index >= 15 is 0 Å². The van der Waals surface area contributed by atoms with Crippen molar-refractivity contribution in [3.63, 3.8) is 0 Å². The van der Waals surface area contributed by atoms with Crippen LogP contribution in [0.25, 0.3) is 0 Å². The molecule has 1 heterocycles. The fraction of sp³-hybridized carbons (Fsp3) is 0.500. The standard InChI is InChI=1S/C10H14N2O/c1-2-3-6-11-7-8-12(10(11)13)9-4-5-9/h2-3,7-9H,4-6H2,1H3/b3-2+. The fourth-order valence-corrected chi connectivity index (χ4v) is 1.42. The summed E-state index contributed by atoms with van der Waals surface area (Å²) in [4.78, 5) is 11.6. The SMILES string of the molecule is C/C=C/Cn1ccn(C2CC2)c1=O. The van der Waals surface area contributed by atoms with E-state index in [9.17, 15) is 4.79 Å². The molecule has 0 saturated heterocycles. The molecule has 0 spiro atoms. The first kappa shape index (κ1) is 8.35. The van der Waals surface area contributed by atoms with Gasteiger partial charge in [-0.2, -0.15) is 0 Å². The molecule has 0 N–H and O–H groups in total. The molecule has 0 atom stereocenters. The monoisotopic (exact) mass is 178 g/mol. The number of nitrogens with zero attached hydrogens (tertiary/aromatic N) is 2. The summed E-state index contributed by atoms with van der Waals surface area (Å²) in [5, 5.41) is 0. The Morgan fingerprint density at radius 2 is 2.31 bits per heavy atom. The molecule has 1 aliphatic carbocycles. The molecule has 1 fully saturated rings. The number of rotatable bonds is 3. The molecule has 3 nitrogen and oxygen atoms in total. The van der Waals surface area contributed by atoms with Crippen molar-refractivity contribution in [3.05, 3.63) is 35.0 Å². The Balaban J connectivity index is 2.22. The van der Waals surface area contributed by atoms with Gasteiger partial charge in [0.2, 0.25) is 0 Å². The fourth-order valence-electron chi connectivity index (χ4n) is 1.42. The van der Waals surface area contributed by atoms with Gasteiger partial charge in [-0.25, -0.2) is 4.79 Å². The molecule has 1 aromatic rings. The lowest BCUT2D eigenvalue weighted by Gasteiger charge is -1.96. The average molecular weight is 178 g/mol. The Kier molecular flexibility index (Phi) is 2.08. The molecule has 1 aromatic heterocycles. The van der Waals surface area contributed by atoms with Crippen LogP contribution in [0.4, 0.5) is 0 Å². The highest BCUT2D eigenvalue weighted by Gasteiger charge is 2.25. The normalized spacial score (nSPS) is 17.0. The van der Waals surface area contributed by atoms with Crippen molar-refractivity contribution >= 4 is 0 Å². The number of allylic oxidation sites excluding steroid dienone is 2. The van der Waals surface area contributed by atoms with Gasteiger partial charge < -0.3 is 0 Å². The zero-order chi connectivity index (χ0) is 9.26. The van der Waals surface area contributed by atoms with Crippen LogP contribution in [0.2, 0.25) is 0 Å². The maximum atomic E-state index is 11.6. The van der Waals surface area contributed by atoms with Gasteiger partial charge in [0.15, 0.2) is 0 Å². The minimum absolute atomic E-state index is 0.126. The highest BCUT2D eigenvalue weighted by molar-refractivity contribution is 4.93. The van der Waals surface area contributed by atoms with Crippen LogP contribution in [-0.2, 0) is 6.54 Å². The minimum Gasteiger partial charge on any atom is -0.296 e. The molecular formula is C10H14N2O. The van der Waals surface area contributed by atoms with Crippen molar-refractivity contribution in [3.8, 4) is 0 Å². The van der Waals surface area contributed by atoms with Gasteiger partial charge in [-0.1, -0.05) is 12.2 Å². The van der Waals surface area contributed by atoms with Crippen LogP contribution in [0, 0.1) is 0 Å². The third-order valence-corrected chi connectivity index (χ3v) is 2.35. The third-order valence-electron chi connectivity index (χ3n) is 2.35. The van der Waals surface area contributed by atoms with E-state index in [1.165, 1.54) is 0 Å². The first-order valence-corrected chi connectivity index (χ1v) is 4.71. The van der Waals surface area contributed by atoms with Crippen molar-refractivity contribution in [1.29, 1.82) is 0 Å². The maximum Gasteiger partial charge on any atom is 0.328 e. The third kappa shape index (κ3) is 1.59. The molecule has 2 rings (SSSR count). The zero-order valence-electron chi connectivity index (χ0n) is 7.81. The summed E-state index contributed by atoms with van der Waals surface area (Å²) in [6, 6.07) is 0.486. The van der Waals surface area contributed by atoms with Crippen molar-refractivity contribution in [1.82, 2.24) is 9.13 Å². The molecule has 3 heteroatoms. The van der Waals surface area contributed by atoms with E-state index in [0.717, 1.165) is 12.8 Å². The van der Waals surface area contributed by atoms with Crippen LogP contribution in [0.3, 0.4) is 0 Å². The Morgan fingerprint density at radius 3 is 2.92 bits per heavy atom. The van der Waals surface area contributed by atoms with Crippen LogP contribution in [0.15, 0.2) is 29.3 Å². The molecule has 0 radical (unpaired) electrons. The molecule has 0 unspecified atom stereocenters. The summed E-state index contributed by atoms with van der Waals surface area (Å²) in [6.07, 6.45) is 10.0. The predicted molar refractivity (Wildman–Crippen MR) is 51.8 cm³/mol. The Morgan fingerprint density at radius 1 is 1.54 bits per heavy atom. The van der Waals surface area contributed by atoms with Crippen LogP contribution < -0.4 is 5.69 Å². The first-order valence-electron chi connectivity index (χ1n) is 4.71. The van der Waals surface area contributed by atoms with Gasteiger partial charge in [-0.05, 0) is 19.8 Å². The van der Waals surface area contributed by atoms with Gasteiger partial charge in [0.25, 0.3) is 0 Å². The van der Waals surface area contributed by atoms with Crippen molar-refractivity contribution in [2.24, 2.45) is 0 Å². The summed E-state index contributed by atoms with van der Waals surface area (Å²) in [5.74, 6) is 0. The lowest BCUT2D eigenvalue weighted by atomic mass is 10.5. The number of hydrogen-bond acceptors (Lipinski definition) is 1. The second-order valence-corrected chi connectivity index (χ2v) is 3.44. The molecule has 1 aliphatic rings. The predicted octanol–water partition coefficient (Wildman–Crippen LogP) is 1.56. The van der Waals surface area contributed by atoms with Gasteiger partial charge in [-0.15, -0.1) is 0 Å². The molecule has 70 valence electrons. The summed E-state index contributed by atoms with van der Waals surface area (Å²) in [7, 11) is 0. The minimum atomic E-state index is 0.126. The van der Waals surface area contributed by atoms with E-state index < -0.39 is 0 Å². The van der Waals surface area contributed by atoms with Gasteiger partial charge in [-0.3, -0.25) is 9.13 Å². The lowest BCUT2D eigenvalue weighted by Crippen LogP contribution is -2.22. The maximum absolute atomic E-state index is 11.6. The molecule has 0 bridgehead atoms. The van der Waals surface area contributed by atoms with Crippen LogP contribution in [-0.4, -0.2) is 9.13 Å². The summed E-state index contributed by atoms with van der Waals surface area (Å²) in [5.41, 5.74) is 0.126. The molecular weight excluding hydrogens is 164 g/mol. The van der Waals surface area contributed by atoms with Gasteiger partial charge >= 0.3 is 5.69 Å². The van der Waals surface area contributed by atoms with Crippen molar-refractivity contribution in [2.75, 3.05) is 0 Å². The van der Waals surface area contributed by atoms with E-state index in [0.29, 0.717) is 12.6 Å². The van der Waals surface area contributed by atoms with E-state index in [1.54, 1.807) is 4.57 Å². The molecule has 0 aliphatic heterocycles. The summed E-state index contributed by atoms with van der Waals surface area (Å²) >= 11 is 0. The molecule has 0 aromatic carbocycles. The highest BCUT2D eigenvalue weighted by atomic mass is 16.1. The van der Waals surface area contributed by atoms with Crippen molar-refractivity contribution < 1.29 is 0 Å². The average Bonchev–Trinajstić information content (AvgIpc) is 2.89. The number of aromatic nitrogens is 2. The molecule has 13 heavy (non-hydrogen) atoms. The first-order chi connectivity index (χ1) is 6.33. The van der Waals surface area contributed by atoms with Crippen LogP contribution in [0.5, 0.6) is 0 Å². The van der Waals surface area contributed by atoms with Crippen LogP contribution in [0.1, 0.15) is 25.8 Å². The number of imidazole rings is 1. The molecule has 1 saturated carbocycles. The Labute approximate surface area is 77.3 Å². The lowest BCUT2D eigenvalue weighted by molar-refractivity contribution is 0.661. The van der Waals surface area contributed by atoms with E-state index in [2.05, 4.69) is 0 Å². The van der Waals surface area contributed by atoms with E-state index in [-0.39, 0.29) is 5.69 Å². The second kappa shape index (κ2) is 3.24. The number of hydrogen-bond donors (Lipinski definition) is 0. The van der Waals surface area contributed by atoms with Gasteiger partial charge in [0.1, 0.15) is 0 Å². The zero-order valence-corrected chi connectivity index (χ0v) is 7.81. The quantitative estimate of drug-likeness (QED) is 0.645. The Hall–Kier alpha value is -1.25. The second-order valence-electron chi connectivity index (χ2n) is 3.44. The van der Waals surface area contributed by atoms with Gasteiger partial charge in [0, 0.05) is 25.0 Å². The van der Waals surface area contributed by atoms with Crippen molar-refractivity contribution in [2.45, 2.75) is 32.4 Å². The topological polar surface area (TPSA) is 26.9 Å². The van der Waals surface area contributed by atoms with E-state index in [1.807, 2.05) is 36.0 Å². The van der Waals surface area contributed by atoms with E-state index in [4.69, 9.17) is 0 Å². The largest absolute Gasteiger partial charge is 0.328 e. The summed E-state index contributed by atoms with van der Waals surface area (Å²) in [6.45, 7) is 2.65. The van der Waals surface area contributed by atoms with Crippen LogP contribution >= 0.6 is 0 Å². The molecule has 0 amide bonds. The highest BCUT2D eigenvalue weighted by Crippen LogP contribution is 2.33. The Bertz CT molecular complexity index is 369. The smallest absolute Gasteiger partial charge is 0.296 e. The summed E-state index contributed by atoms with van der Waals surface area (Å²) < 4.78 is 3.57. The van der Waals surface area contributed by atoms with Gasteiger partial charge in [0.05, 0.1) is 0 Å².